The highest BCUT2D eigenvalue weighted by molar-refractivity contribution is 7.14. The zero-order chi connectivity index (χ0) is 26.9. The van der Waals surface area contributed by atoms with Crippen LogP contribution in [-0.4, -0.2) is 47.2 Å². The minimum atomic E-state index is -0.498. The van der Waals surface area contributed by atoms with E-state index in [0.29, 0.717) is 29.5 Å². The molecule has 0 N–H and O–H groups in total. The Bertz CT molecular complexity index is 1290. The first-order chi connectivity index (χ1) is 18.1. The second kappa shape index (κ2) is 10.4. The number of amides is 1. The zero-order valence-corrected chi connectivity index (χ0v) is 23.2. The van der Waals surface area contributed by atoms with E-state index in [4.69, 9.17) is 19.2 Å². The molecule has 1 saturated heterocycles. The summed E-state index contributed by atoms with van der Waals surface area (Å²) in [7, 11) is 0. The molecule has 8 heteroatoms. The Kier molecular flexibility index (Phi) is 7.18. The molecule has 7 nitrogen and oxygen atoms in total. The molecular formula is C30H34N2O5S. The molecule has 1 amide bonds. The van der Waals surface area contributed by atoms with Crippen LogP contribution in [-0.2, 0) is 9.47 Å². The van der Waals surface area contributed by atoms with Crippen LogP contribution in [0.4, 0.5) is 4.79 Å². The fraction of sp³-hybridized carbons (Fsp3) is 0.433. The van der Waals surface area contributed by atoms with Crippen LogP contribution in [0, 0.1) is 5.41 Å². The van der Waals surface area contributed by atoms with Gasteiger partial charge in [0.05, 0.1) is 17.3 Å². The van der Waals surface area contributed by atoms with Gasteiger partial charge in [0.25, 0.3) is 0 Å². The number of benzene rings is 2. The maximum absolute atomic E-state index is 12.8. The van der Waals surface area contributed by atoms with E-state index in [1.54, 1.807) is 6.92 Å². The van der Waals surface area contributed by atoms with E-state index in [0.717, 1.165) is 42.1 Å². The van der Waals surface area contributed by atoms with Crippen molar-refractivity contribution in [3.63, 3.8) is 0 Å². The van der Waals surface area contributed by atoms with Crippen LogP contribution in [0.25, 0.3) is 11.3 Å². The molecule has 1 aromatic heterocycles. The summed E-state index contributed by atoms with van der Waals surface area (Å²) in [6, 6.07) is 17.2. The standard InChI is InChI=1S/C30H34N2O5S/c1-5-35-27(33)25-24(20-11-13-23(14-12-20)36-22-9-7-6-8-10-22)31-26(38-25)21-17-30(18-21)15-16-32(19-30)28(34)37-29(2,3)4/h6-14,21H,5,15-19H2,1-4H3. The number of hydrogen-bond donors (Lipinski definition) is 0. The Balaban J connectivity index is 1.30. The summed E-state index contributed by atoms with van der Waals surface area (Å²) in [5.74, 6) is 1.40. The van der Waals surface area contributed by atoms with Crippen molar-refractivity contribution in [3.05, 3.63) is 64.5 Å². The van der Waals surface area contributed by atoms with Crippen LogP contribution in [0.1, 0.15) is 67.6 Å². The highest BCUT2D eigenvalue weighted by Crippen LogP contribution is 2.57. The zero-order valence-electron chi connectivity index (χ0n) is 22.4. The van der Waals surface area contributed by atoms with Gasteiger partial charge in [-0.1, -0.05) is 18.2 Å². The van der Waals surface area contributed by atoms with Gasteiger partial charge in [-0.2, -0.15) is 0 Å². The van der Waals surface area contributed by atoms with Crippen molar-refractivity contribution >= 4 is 23.4 Å². The number of thiazole rings is 1. The number of ether oxygens (including phenoxy) is 3. The van der Waals surface area contributed by atoms with E-state index < -0.39 is 5.60 Å². The fourth-order valence-corrected chi connectivity index (χ4v) is 6.34. The van der Waals surface area contributed by atoms with E-state index >= 15 is 0 Å². The molecule has 3 aromatic rings. The van der Waals surface area contributed by atoms with E-state index in [1.807, 2.05) is 80.3 Å². The SMILES string of the molecule is CCOC(=O)c1sc(C2CC3(CCN(C(=O)OC(C)(C)C)C3)C2)nc1-c1ccc(Oc2ccccc2)cc1. The van der Waals surface area contributed by atoms with Crippen molar-refractivity contribution in [3.8, 4) is 22.8 Å². The normalized spacial score (nSPS) is 20.7. The molecule has 2 aromatic carbocycles. The first-order valence-corrected chi connectivity index (χ1v) is 14.0. The minimum Gasteiger partial charge on any atom is -0.462 e. The van der Waals surface area contributed by atoms with Crippen LogP contribution in [0.5, 0.6) is 11.5 Å². The van der Waals surface area contributed by atoms with Crippen molar-refractivity contribution in [2.75, 3.05) is 19.7 Å². The molecule has 38 heavy (non-hydrogen) atoms. The van der Waals surface area contributed by atoms with Crippen molar-refractivity contribution < 1.29 is 23.8 Å². The molecule has 1 saturated carbocycles. The Labute approximate surface area is 227 Å². The lowest BCUT2D eigenvalue weighted by Crippen LogP contribution is -2.41. The smallest absolute Gasteiger partial charge is 0.410 e. The summed E-state index contributed by atoms with van der Waals surface area (Å²) in [5.41, 5.74) is 1.11. The number of nitrogens with zero attached hydrogens (tertiary/aromatic N) is 2. The summed E-state index contributed by atoms with van der Waals surface area (Å²) in [6.45, 7) is 9.22. The number of esters is 1. The second-order valence-electron chi connectivity index (χ2n) is 11.1. The quantitative estimate of drug-likeness (QED) is 0.309. The summed E-state index contributed by atoms with van der Waals surface area (Å²) < 4.78 is 16.8. The van der Waals surface area contributed by atoms with Gasteiger partial charge in [0.15, 0.2) is 0 Å². The highest BCUT2D eigenvalue weighted by Gasteiger charge is 2.51. The third-order valence-corrected chi connectivity index (χ3v) is 8.21. The lowest BCUT2D eigenvalue weighted by molar-refractivity contribution is 0.0230. The lowest BCUT2D eigenvalue weighted by atomic mass is 9.61. The van der Waals surface area contributed by atoms with Crippen molar-refractivity contribution in [2.45, 2.75) is 58.5 Å². The van der Waals surface area contributed by atoms with Crippen molar-refractivity contribution in [2.24, 2.45) is 5.41 Å². The van der Waals surface area contributed by atoms with Gasteiger partial charge in [-0.3, -0.25) is 0 Å². The number of likely N-dealkylation sites (tertiary alicyclic amines) is 1. The number of carbonyl (C=O) groups is 2. The van der Waals surface area contributed by atoms with E-state index in [1.165, 1.54) is 11.3 Å². The third-order valence-electron chi connectivity index (χ3n) is 7.01. The molecule has 1 spiro atoms. The predicted octanol–water partition coefficient (Wildman–Crippen LogP) is 7.28. The van der Waals surface area contributed by atoms with Crippen molar-refractivity contribution in [1.82, 2.24) is 9.88 Å². The average molecular weight is 535 g/mol. The maximum atomic E-state index is 12.8. The molecule has 1 aliphatic heterocycles. The largest absolute Gasteiger partial charge is 0.462 e. The first kappa shape index (κ1) is 26.2. The Morgan fingerprint density at radius 3 is 2.39 bits per heavy atom. The van der Waals surface area contributed by atoms with Gasteiger partial charge >= 0.3 is 12.1 Å². The summed E-state index contributed by atoms with van der Waals surface area (Å²) >= 11 is 1.43. The van der Waals surface area contributed by atoms with Gasteiger partial charge in [-0.05, 0) is 88.8 Å². The minimum absolute atomic E-state index is 0.105. The number of aromatic nitrogens is 1. The number of carbonyl (C=O) groups excluding carboxylic acids is 2. The lowest BCUT2D eigenvalue weighted by Gasteiger charge is -2.44. The van der Waals surface area contributed by atoms with E-state index in [9.17, 15) is 9.59 Å². The second-order valence-corrected chi connectivity index (χ2v) is 12.2. The van der Waals surface area contributed by atoms with Crippen LogP contribution in [0.2, 0.25) is 0 Å². The molecule has 0 atom stereocenters. The third kappa shape index (κ3) is 5.70. The molecule has 0 bridgehead atoms. The molecule has 2 heterocycles. The van der Waals surface area contributed by atoms with Gasteiger partial charge < -0.3 is 19.1 Å². The van der Waals surface area contributed by atoms with Gasteiger partial charge in [0, 0.05) is 24.6 Å². The van der Waals surface area contributed by atoms with E-state index in [-0.39, 0.29) is 23.4 Å². The van der Waals surface area contributed by atoms with E-state index in [2.05, 4.69) is 0 Å². The summed E-state index contributed by atoms with van der Waals surface area (Å²) in [6.07, 6.45) is 2.63. The van der Waals surface area contributed by atoms with Gasteiger partial charge in [0.2, 0.25) is 0 Å². The average Bonchev–Trinajstić information content (AvgIpc) is 3.49. The van der Waals surface area contributed by atoms with Gasteiger partial charge in [0.1, 0.15) is 22.0 Å². The molecule has 0 unspecified atom stereocenters. The van der Waals surface area contributed by atoms with Gasteiger partial charge in [-0.15, -0.1) is 11.3 Å². The highest BCUT2D eigenvalue weighted by atomic mass is 32.1. The Morgan fingerprint density at radius 1 is 1.05 bits per heavy atom. The van der Waals surface area contributed by atoms with Crippen LogP contribution >= 0.6 is 11.3 Å². The summed E-state index contributed by atoms with van der Waals surface area (Å²) in [4.78, 5) is 32.7. The molecule has 1 aliphatic carbocycles. The predicted molar refractivity (Wildman–Crippen MR) is 147 cm³/mol. The molecule has 5 rings (SSSR count). The number of hydrogen-bond acceptors (Lipinski definition) is 7. The first-order valence-electron chi connectivity index (χ1n) is 13.1. The molecule has 2 fully saturated rings. The topological polar surface area (TPSA) is 78.0 Å². The van der Waals surface area contributed by atoms with Crippen LogP contribution in [0.15, 0.2) is 54.6 Å². The van der Waals surface area contributed by atoms with Crippen LogP contribution < -0.4 is 4.74 Å². The van der Waals surface area contributed by atoms with Crippen LogP contribution in [0.3, 0.4) is 0 Å². The molecular weight excluding hydrogens is 500 g/mol. The summed E-state index contributed by atoms with van der Waals surface area (Å²) in [5, 5.41) is 0.953. The van der Waals surface area contributed by atoms with Crippen molar-refractivity contribution in [1.29, 1.82) is 0 Å². The molecule has 2 aliphatic rings. The number of para-hydroxylation sites is 1. The monoisotopic (exact) mass is 534 g/mol. The molecule has 200 valence electrons. The molecule has 0 radical (unpaired) electrons. The maximum Gasteiger partial charge on any atom is 0.410 e. The number of rotatable bonds is 6. The Morgan fingerprint density at radius 2 is 1.74 bits per heavy atom. The Hall–Kier alpha value is -3.39. The fourth-order valence-electron chi connectivity index (χ4n) is 5.26. The van der Waals surface area contributed by atoms with Gasteiger partial charge in [-0.25, -0.2) is 14.6 Å².